The van der Waals surface area contributed by atoms with Gasteiger partial charge in [-0.2, -0.15) is 4.98 Å². The molecule has 1 aromatic heterocycles. The van der Waals surface area contributed by atoms with Crippen LogP contribution in [0, 0.1) is 6.92 Å². The third-order valence-electron chi connectivity index (χ3n) is 3.51. The normalized spacial score (nSPS) is 11.3. The molecule has 136 valence electrons. The lowest BCUT2D eigenvalue weighted by Gasteiger charge is -2.19. The van der Waals surface area contributed by atoms with Gasteiger partial charge < -0.3 is 14.7 Å². The van der Waals surface area contributed by atoms with Crippen LogP contribution in [0.1, 0.15) is 24.2 Å². The van der Waals surface area contributed by atoms with Crippen LogP contribution >= 0.6 is 0 Å². The number of rotatable bonds is 7. The molecule has 2 amide bonds. The van der Waals surface area contributed by atoms with Crippen LogP contribution in [-0.2, 0) is 23.0 Å². The summed E-state index contributed by atoms with van der Waals surface area (Å²) in [5.41, 5.74) is 0.893. The minimum Gasteiger partial charge on any atom is -0.340 e. The molecule has 9 nitrogen and oxygen atoms in total. The summed E-state index contributed by atoms with van der Waals surface area (Å²) in [6, 6.07) is 6.01. The summed E-state index contributed by atoms with van der Waals surface area (Å²) < 4.78 is 27.3. The molecule has 0 fully saturated rings. The van der Waals surface area contributed by atoms with Crippen molar-refractivity contribution in [3.8, 4) is 0 Å². The molecule has 2 rings (SSSR count). The van der Waals surface area contributed by atoms with Gasteiger partial charge in [0.1, 0.15) is 0 Å². The Bertz CT molecular complexity index is 817. The van der Waals surface area contributed by atoms with Crippen LogP contribution in [0.2, 0.25) is 0 Å². The average Bonchev–Trinajstić information content (AvgIpc) is 2.97. The molecule has 0 saturated heterocycles. The standard InChI is InChI=1S/C15H21N5O4S/c1-3-20(10-14-18-11(2)24-19-14)15(21)17-9-8-12-4-6-13(7-5-12)25(16,22)23/h4-7H,3,8-10H2,1-2H3,(H,17,21)(H2,16,22,23). The van der Waals surface area contributed by atoms with E-state index >= 15 is 0 Å². The minimum absolute atomic E-state index is 0.0628. The molecule has 0 spiro atoms. The number of carbonyl (C=O) groups is 1. The maximum absolute atomic E-state index is 12.2. The lowest BCUT2D eigenvalue weighted by atomic mass is 10.1. The number of carbonyl (C=O) groups excluding carboxylic acids is 1. The number of nitrogens with zero attached hydrogens (tertiary/aromatic N) is 3. The van der Waals surface area contributed by atoms with Gasteiger partial charge in [0.25, 0.3) is 0 Å². The largest absolute Gasteiger partial charge is 0.340 e. The second-order valence-electron chi connectivity index (χ2n) is 5.41. The topological polar surface area (TPSA) is 131 Å². The number of hydrogen-bond donors (Lipinski definition) is 2. The number of hydrogen-bond acceptors (Lipinski definition) is 6. The van der Waals surface area contributed by atoms with Gasteiger partial charge in [0.05, 0.1) is 11.4 Å². The smallest absolute Gasteiger partial charge is 0.317 e. The second kappa shape index (κ2) is 8.08. The molecule has 0 saturated carbocycles. The second-order valence-corrected chi connectivity index (χ2v) is 6.98. The first kappa shape index (κ1) is 18.9. The summed E-state index contributed by atoms with van der Waals surface area (Å²) >= 11 is 0. The van der Waals surface area contributed by atoms with Crippen LogP contribution < -0.4 is 10.5 Å². The summed E-state index contributed by atoms with van der Waals surface area (Å²) in [5.74, 6) is 0.905. The van der Waals surface area contributed by atoms with Gasteiger partial charge in [-0.05, 0) is 31.0 Å². The summed E-state index contributed by atoms with van der Waals surface area (Å²) in [7, 11) is -3.69. The maximum Gasteiger partial charge on any atom is 0.317 e. The predicted octanol–water partition coefficient (Wildman–Crippen LogP) is 0.800. The zero-order chi connectivity index (χ0) is 18.4. The first-order chi connectivity index (χ1) is 11.8. The van der Waals surface area contributed by atoms with Gasteiger partial charge in [-0.1, -0.05) is 17.3 Å². The molecule has 1 heterocycles. The highest BCUT2D eigenvalue weighted by atomic mass is 32.2. The molecule has 25 heavy (non-hydrogen) atoms. The highest BCUT2D eigenvalue weighted by molar-refractivity contribution is 7.89. The van der Waals surface area contributed by atoms with Crippen molar-refractivity contribution in [3.63, 3.8) is 0 Å². The Kier molecular flexibility index (Phi) is 6.10. The minimum atomic E-state index is -3.69. The monoisotopic (exact) mass is 367 g/mol. The Balaban J connectivity index is 1.84. The molecule has 0 aliphatic heterocycles. The Morgan fingerprint density at radius 2 is 2.00 bits per heavy atom. The summed E-state index contributed by atoms with van der Waals surface area (Å²) in [6.45, 7) is 4.73. The van der Waals surface area contributed by atoms with E-state index in [0.29, 0.717) is 31.2 Å². The van der Waals surface area contributed by atoms with Crippen molar-refractivity contribution >= 4 is 16.1 Å². The van der Waals surface area contributed by atoms with Gasteiger partial charge in [0.15, 0.2) is 5.82 Å². The van der Waals surface area contributed by atoms with Crippen LogP contribution in [0.4, 0.5) is 4.79 Å². The van der Waals surface area contributed by atoms with E-state index < -0.39 is 10.0 Å². The van der Waals surface area contributed by atoms with Crippen LogP contribution in [0.3, 0.4) is 0 Å². The number of aryl methyl sites for hydroxylation is 1. The van der Waals surface area contributed by atoms with E-state index in [2.05, 4.69) is 15.5 Å². The number of sulfonamides is 1. The van der Waals surface area contributed by atoms with Gasteiger partial charge in [-0.3, -0.25) is 0 Å². The highest BCUT2D eigenvalue weighted by Crippen LogP contribution is 2.09. The lowest BCUT2D eigenvalue weighted by Crippen LogP contribution is -2.40. The van der Waals surface area contributed by atoms with E-state index in [0.717, 1.165) is 5.56 Å². The molecule has 0 unspecified atom stereocenters. The van der Waals surface area contributed by atoms with Crippen molar-refractivity contribution in [2.45, 2.75) is 31.7 Å². The van der Waals surface area contributed by atoms with Gasteiger partial charge >= 0.3 is 6.03 Å². The Morgan fingerprint density at radius 1 is 1.32 bits per heavy atom. The van der Waals surface area contributed by atoms with Crippen molar-refractivity contribution in [1.29, 1.82) is 0 Å². The van der Waals surface area contributed by atoms with E-state index in [-0.39, 0.29) is 17.5 Å². The third-order valence-corrected chi connectivity index (χ3v) is 4.44. The number of urea groups is 1. The van der Waals surface area contributed by atoms with Crippen molar-refractivity contribution in [2.24, 2.45) is 5.14 Å². The van der Waals surface area contributed by atoms with Crippen molar-refractivity contribution < 1.29 is 17.7 Å². The molecule has 0 atom stereocenters. The molecule has 0 radical (unpaired) electrons. The SMILES string of the molecule is CCN(Cc1noc(C)n1)C(=O)NCCc1ccc(S(N)(=O)=O)cc1. The van der Waals surface area contributed by atoms with E-state index in [1.165, 1.54) is 12.1 Å². The fourth-order valence-electron chi connectivity index (χ4n) is 2.17. The van der Waals surface area contributed by atoms with Crippen molar-refractivity contribution in [2.75, 3.05) is 13.1 Å². The Labute approximate surface area is 146 Å². The molecule has 2 aromatic rings. The Hall–Kier alpha value is -2.46. The zero-order valence-electron chi connectivity index (χ0n) is 14.1. The molecule has 10 heteroatoms. The van der Waals surface area contributed by atoms with Crippen molar-refractivity contribution in [1.82, 2.24) is 20.4 Å². The van der Waals surface area contributed by atoms with Crippen LogP contribution in [-0.4, -0.2) is 42.6 Å². The van der Waals surface area contributed by atoms with Gasteiger partial charge in [-0.25, -0.2) is 18.4 Å². The number of aromatic nitrogens is 2. The van der Waals surface area contributed by atoms with E-state index in [1.807, 2.05) is 6.92 Å². The zero-order valence-corrected chi connectivity index (χ0v) is 14.9. The quantitative estimate of drug-likeness (QED) is 0.744. The number of primary sulfonamides is 1. The summed E-state index contributed by atoms with van der Waals surface area (Å²) in [4.78, 5) is 17.9. The molecular weight excluding hydrogens is 346 g/mol. The van der Waals surface area contributed by atoms with E-state index in [4.69, 9.17) is 9.66 Å². The number of nitrogens with one attached hydrogen (secondary N) is 1. The first-order valence-electron chi connectivity index (χ1n) is 7.73. The number of nitrogens with two attached hydrogens (primary N) is 1. The molecular formula is C15H21N5O4S. The fourth-order valence-corrected chi connectivity index (χ4v) is 2.69. The molecule has 0 bridgehead atoms. The molecule has 1 aromatic carbocycles. The maximum atomic E-state index is 12.2. The van der Waals surface area contributed by atoms with Crippen molar-refractivity contribution in [3.05, 3.63) is 41.5 Å². The van der Waals surface area contributed by atoms with Crippen LogP contribution in [0.25, 0.3) is 0 Å². The number of benzene rings is 1. The molecule has 0 aliphatic carbocycles. The van der Waals surface area contributed by atoms with Gasteiger partial charge in [0.2, 0.25) is 15.9 Å². The van der Waals surface area contributed by atoms with Crippen LogP contribution in [0.5, 0.6) is 0 Å². The molecule has 0 aliphatic rings. The number of amides is 2. The highest BCUT2D eigenvalue weighted by Gasteiger charge is 2.14. The van der Waals surface area contributed by atoms with Crippen LogP contribution in [0.15, 0.2) is 33.7 Å². The van der Waals surface area contributed by atoms with Gasteiger partial charge in [-0.15, -0.1) is 0 Å². The summed E-state index contributed by atoms with van der Waals surface area (Å²) in [6.07, 6.45) is 0.565. The molecule has 3 N–H and O–H groups in total. The summed E-state index contributed by atoms with van der Waals surface area (Å²) in [5, 5.41) is 11.6. The average molecular weight is 367 g/mol. The Morgan fingerprint density at radius 3 is 2.52 bits per heavy atom. The third kappa shape index (κ3) is 5.54. The first-order valence-corrected chi connectivity index (χ1v) is 9.28. The fraction of sp³-hybridized carbons (Fsp3) is 0.400. The van der Waals surface area contributed by atoms with Gasteiger partial charge in [0, 0.05) is 20.0 Å². The van der Waals surface area contributed by atoms with E-state index in [9.17, 15) is 13.2 Å². The van der Waals surface area contributed by atoms with E-state index in [1.54, 1.807) is 24.0 Å². The predicted molar refractivity (Wildman–Crippen MR) is 90.0 cm³/mol. The lowest BCUT2D eigenvalue weighted by molar-refractivity contribution is 0.196.